The molecular weight excluding hydrogens is 433 g/mol. The molecule has 0 radical (unpaired) electrons. The average Bonchev–Trinajstić information content (AvgIpc) is 2.68. The molecule has 1 aromatic carbocycles. The summed E-state index contributed by atoms with van der Waals surface area (Å²) in [5.74, 6) is -2.37. The molecule has 7 nitrogen and oxygen atoms in total. The van der Waals surface area contributed by atoms with E-state index in [1.807, 2.05) is 7.11 Å². The van der Waals surface area contributed by atoms with Gasteiger partial charge in [0, 0.05) is 23.7 Å². The molecule has 9 heteroatoms. The number of rotatable bonds is 9. The molecule has 1 aliphatic heterocycles. The van der Waals surface area contributed by atoms with Crippen molar-refractivity contribution in [1.29, 1.82) is 0 Å². The predicted octanol–water partition coefficient (Wildman–Crippen LogP) is 4.45. The second-order valence-electron chi connectivity index (χ2n) is 7.18. The van der Waals surface area contributed by atoms with Gasteiger partial charge in [-0.3, -0.25) is 0 Å². The van der Waals surface area contributed by atoms with Gasteiger partial charge in [-0.1, -0.05) is 43.0 Å². The van der Waals surface area contributed by atoms with Crippen molar-refractivity contribution in [2.45, 2.75) is 45.1 Å². The third-order valence-electron chi connectivity index (χ3n) is 4.94. The molecule has 2 atom stereocenters. The number of hydrogen-bond acceptors (Lipinski definition) is 5. The van der Waals surface area contributed by atoms with E-state index in [2.05, 4.69) is 11.8 Å². The highest BCUT2D eigenvalue weighted by molar-refractivity contribution is 6.34. The van der Waals surface area contributed by atoms with Gasteiger partial charge < -0.3 is 24.6 Å². The maximum absolute atomic E-state index is 9.10. The van der Waals surface area contributed by atoms with Crippen LogP contribution in [0.4, 0.5) is 0 Å². The zero-order valence-electron chi connectivity index (χ0n) is 17.5. The van der Waals surface area contributed by atoms with Crippen molar-refractivity contribution in [3.8, 4) is 5.75 Å². The second-order valence-corrected chi connectivity index (χ2v) is 8.06. The van der Waals surface area contributed by atoms with E-state index in [0.29, 0.717) is 28.7 Å². The predicted molar refractivity (Wildman–Crippen MR) is 117 cm³/mol. The summed E-state index contributed by atoms with van der Waals surface area (Å²) in [6, 6.07) is 5.32. The van der Waals surface area contributed by atoms with Gasteiger partial charge in [-0.15, -0.1) is 0 Å². The number of likely N-dealkylation sites (tertiary alicyclic amines) is 1. The number of halogens is 2. The quantitative estimate of drug-likeness (QED) is 0.412. The SMILES string of the molecule is CCCCCN1CC[C@@H](CCOc2cc(Cl)cc(Cl)c2)[C@@H](OC)C1.O=C(O)C(=O)O. The minimum atomic E-state index is -1.82. The van der Waals surface area contributed by atoms with Crippen LogP contribution in [0, 0.1) is 5.92 Å². The summed E-state index contributed by atoms with van der Waals surface area (Å²) in [6.45, 7) is 6.30. The van der Waals surface area contributed by atoms with Crippen molar-refractivity contribution in [3.05, 3.63) is 28.2 Å². The molecule has 0 bridgehead atoms. The summed E-state index contributed by atoms with van der Waals surface area (Å²) >= 11 is 12.0. The van der Waals surface area contributed by atoms with Crippen LogP contribution in [0.15, 0.2) is 18.2 Å². The van der Waals surface area contributed by atoms with Gasteiger partial charge in [-0.05, 0) is 56.5 Å². The summed E-state index contributed by atoms with van der Waals surface area (Å²) in [5, 5.41) is 16.0. The molecule has 1 saturated heterocycles. The highest BCUT2D eigenvalue weighted by Gasteiger charge is 2.28. The van der Waals surface area contributed by atoms with Gasteiger partial charge in [0.25, 0.3) is 0 Å². The fraction of sp³-hybridized carbons (Fsp3) is 0.619. The fourth-order valence-corrected chi connectivity index (χ4v) is 3.86. The number of aliphatic carboxylic acids is 2. The van der Waals surface area contributed by atoms with Crippen molar-refractivity contribution in [2.75, 3.05) is 33.4 Å². The molecular formula is C21H31Cl2NO6. The molecule has 170 valence electrons. The number of benzene rings is 1. The van der Waals surface area contributed by atoms with Gasteiger partial charge in [0.2, 0.25) is 0 Å². The highest BCUT2D eigenvalue weighted by atomic mass is 35.5. The van der Waals surface area contributed by atoms with Gasteiger partial charge in [0.1, 0.15) is 5.75 Å². The number of carboxylic acid groups (broad SMARTS) is 2. The lowest BCUT2D eigenvalue weighted by Gasteiger charge is -2.37. The van der Waals surface area contributed by atoms with Crippen molar-refractivity contribution in [1.82, 2.24) is 4.90 Å². The van der Waals surface area contributed by atoms with Gasteiger partial charge in [0.05, 0.1) is 12.7 Å². The molecule has 0 amide bonds. The first-order valence-corrected chi connectivity index (χ1v) is 10.8. The Morgan fingerprint density at radius 3 is 2.30 bits per heavy atom. The van der Waals surface area contributed by atoms with E-state index in [9.17, 15) is 0 Å². The zero-order valence-corrected chi connectivity index (χ0v) is 19.0. The van der Waals surface area contributed by atoms with E-state index in [0.717, 1.165) is 25.3 Å². The van der Waals surface area contributed by atoms with Gasteiger partial charge in [-0.2, -0.15) is 0 Å². The van der Waals surface area contributed by atoms with E-state index in [1.54, 1.807) is 18.2 Å². The number of methoxy groups -OCH3 is 1. The molecule has 1 aliphatic rings. The minimum absolute atomic E-state index is 0.298. The van der Waals surface area contributed by atoms with Gasteiger partial charge in [0.15, 0.2) is 0 Å². The van der Waals surface area contributed by atoms with Crippen molar-refractivity contribution in [3.63, 3.8) is 0 Å². The van der Waals surface area contributed by atoms with Crippen LogP contribution in [0.2, 0.25) is 10.0 Å². The molecule has 1 aromatic rings. The van der Waals surface area contributed by atoms with Crippen LogP contribution in [0.5, 0.6) is 5.75 Å². The van der Waals surface area contributed by atoms with Crippen LogP contribution in [0.1, 0.15) is 39.0 Å². The second kappa shape index (κ2) is 14.5. The van der Waals surface area contributed by atoms with Crippen LogP contribution in [0.25, 0.3) is 0 Å². The Hall–Kier alpha value is -1.54. The lowest BCUT2D eigenvalue weighted by molar-refractivity contribution is -0.159. The number of piperidine rings is 1. The van der Waals surface area contributed by atoms with E-state index in [4.69, 9.17) is 52.5 Å². The Labute approximate surface area is 187 Å². The number of unbranched alkanes of at least 4 members (excludes halogenated alkanes) is 2. The summed E-state index contributed by atoms with van der Waals surface area (Å²) < 4.78 is 11.6. The summed E-state index contributed by atoms with van der Waals surface area (Å²) in [5.41, 5.74) is 0. The molecule has 0 saturated carbocycles. The number of carbonyl (C=O) groups is 2. The van der Waals surface area contributed by atoms with Gasteiger partial charge >= 0.3 is 11.9 Å². The van der Waals surface area contributed by atoms with E-state index in [1.165, 1.54) is 32.2 Å². The number of hydrogen-bond donors (Lipinski definition) is 2. The van der Waals surface area contributed by atoms with Crippen LogP contribution in [-0.4, -0.2) is 66.5 Å². The van der Waals surface area contributed by atoms with E-state index in [-0.39, 0.29) is 0 Å². The molecule has 0 spiro atoms. The fourth-order valence-electron chi connectivity index (χ4n) is 3.35. The van der Waals surface area contributed by atoms with E-state index >= 15 is 0 Å². The first-order valence-electron chi connectivity index (χ1n) is 10.1. The molecule has 0 aromatic heterocycles. The summed E-state index contributed by atoms with van der Waals surface area (Å²) in [4.78, 5) is 20.7. The molecule has 0 aliphatic carbocycles. The van der Waals surface area contributed by atoms with Crippen LogP contribution in [0.3, 0.4) is 0 Å². The van der Waals surface area contributed by atoms with Crippen molar-refractivity contribution in [2.24, 2.45) is 5.92 Å². The van der Waals surface area contributed by atoms with Crippen molar-refractivity contribution < 1.29 is 29.3 Å². The maximum Gasteiger partial charge on any atom is 0.414 e. The molecule has 1 heterocycles. The Bertz CT molecular complexity index is 641. The summed E-state index contributed by atoms with van der Waals surface area (Å²) in [7, 11) is 1.82. The smallest absolute Gasteiger partial charge is 0.414 e. The Balaban J connectivity index is 0.000000656. The van der Waals surface area contributed by atoms with Crippen LogP contribution < -0.4 is 4.74 Å². The number of carboxylic acids is 2. The van der Waals surface area contributed by atoms with E-state index < -0.39 is 11.9 Å². The van der Waals surface area contributed by atoms with Gasteiger partial charge in [-0.25, -0.2) is 9.59 Å². The first-order chi connectivity index (χ1) is 14.3. The number of ether oxygens (including phenoxy) is 2. The molecule has 1 fully saturated rings. The summed E-state index contributed by atoms with van der Waals surface area (Å²) in [6.07, 6.45) is 6.33. The zero-order chi connectivity index (χ0) is 22.5. The Kier molecular flexibility index (Phi) is 12.8. The minimum Gasteiger partial charge on any atom is -0.493 e. The number of nitrogens with zero attached hydrogens (tertiary/aromatic N) is 1. The third-order valence-corrected chi connectivity index (χ3v) is 5.37. The first kappa shape index (κ1) is 26.5. The van der Waals surface area contributed by atoms with Crippen LogP contribution in [-0.2, 0) is 14.3 Å². The largest absolute Gasteiger partial charge is 0.493 e. The van der Waals surface area contributed by atoms with Crippen LogP contribution >= 0.6 is 23.2 Å². The molecule has 30 heavy (non-hydrogen) atoms. The molecule has 0 unspecified atom stereocenters. The average molecular weight is 464 g/mol. The topological polar surface area (TPSA) is 96.3 Å². The Morgan fingerprint density at radius 2 is 1.77 bits per heavy atom. The molecule has 2 N–H and O–H groups in total. The monoisotopic (exact) mass is 463 g/mol. The third kappa shape index (κ3) is 10.5. The maximum atomic E-state index is 9.10. The Morgan fingerprint density at radius 1 is 1.13 bits per heavy atom. The lowest BCUT2D eigenvalue weighted by Crippen LogP contribution is -2.45. The lowest BCUT2D eigenvalue weighted by atomic mass is 9.91. The van der Waals surface area contributed by atoms with Crippen molar-refractivity contribution >= 4 is 35.1 Å². The highest BCUT2D eigenvalue weighted by Crippen LogP contribution is 2.26. The standard InChI is InChI=1S/C19H29Cl2NO2.C2H2O4/c1-3-4-5-8-22-9-6-15(19(14-22)23-2)7-10-24-18-12-16(20)11-17(21)13-18;3-1(4)2(5)6/h11-13,15,19H,3-10,14H2,1-2H3;(H,3,4)(H,5,6)/t15-,19-;/m0./s1. The normalized spacial score (nSPS) is 18.9. The molecule has 2 rings (SSSR count).